The van der Waals surface area contributed by atoms with E-state index in [9.17, 15) is 14.0 Å². The molecule has 32 heavy (non-hydrogen) atoms. The summed E-state index contributed by atoms with van der Waals surface area (Å²) in [6, 6.07) is 14.8. The number of benzene rings is 2. The topological polar surface area (TPSA) is 71.3 Å². The monoisotopic (exact) mass is 433 g/mol. The van der Waals surface area contributed by atoms with E-state index in [1.54, 1.807) is 22.1 Å². The fraction of sp³-hybridized carbons (Fsp3) is 0.333. The number of nitrogens with zero attached hydrogens (tertiary/aromatic N) is 5. The quantitative estimate of drug-likeness (QED) is 0.634. The van der Waals surface area contributed by atoms with Crippen LogP contribution in [0, 0.1) is 6.92 Å². The number of anilines is 1. The molecule has 0 bridgehead atoms. The predicted molar refractivity (Wildman–Crippen MR) is 117 cm³/mol. The minimum Gasteiger partial charge on any atom is -0.331 e. The Labute approximate surface area is 185 Å². The molecule has 0 saturated carbocycles. The SMILES string of the molecule is Cc1cccc(C(=O)N2C[C@@H](F)C[C@H]2Cn2cc(C(=O)N3CCc4ccccc43)nn2)c1. The van der Waals surface area contributed by atoms with Gasteiger partial charge in [-0.1, -0.05) is 41.1 Å². The molecule has 5 rings (SSSR count). The second-order valence-electron chi connectivity index (χ2n) is 8.48. The summed E-state index contributed by atoms with van der Waals surface area (Å²) < 4.78 is 15.8. The lowest BCUT2D eigenvalue weighted by molar-refractivity contribution is 0.0714. The zero-order valence-corrected chi connectivity index (χ0v) is 17.8. The Morgan fingerprint density at radius 2 is 1.97 bits per heavy atom. The van der Waals surface area contributed by atoms with Gasteiger partial charge >= 0.3 is 0 Å². The fourth-order valence-electron chi connectivity index (χ4n) is 4.61. The summed E-state index contributed by atoms with van der Waals surface area (Å²) in [5.74, 6) is -0.396. The molecular formula is C24H24FN5O2. The van der Waals surface area contributed by atoms with Crippen LogP contribution in [-0.2, 0) is 13.0 Å². The number of aromatic nitrogens is 3. The second-order valence-corrected chi connectivity index (χ2v) is 8.48. The summed E-state index contributed by atoms with van der Waals surface area (Å²) in [7, 11) is 0. The van der Waals surface area contributed by atoms with E-state index in [0.717, 1.165) is 23.2 Å². The van der Waals surface area contributed by atoms with Gasteiger partial charge in [0.1, 0.15) is 6.17 Å². The van der Waals surface area contributed by atoms with E-state index < -0.39 is 6.17 Å². The number of alkyl halides is 1. The van der Waals surface area contributed by atoms with Gasteiger partial charge in [0.15, 0.2) is 5.69 Å². The molecule has 2 aliphatic rings. The number of hydrogen-bond acceptors (Lipinski definition) is 4. The molecule has 2 atom stereocenters. The minimum atomic E-state index is -1.08. The van der Waals surface area contributed by atoms with Crippen molar-refractivity contribution in [1.29, 1.82) is 0 Å². The first kappa shape index (κ1) is 20.4. The number of fused-ring (bicyclic) bond motifs is 1. The van der Waals surface area contributed by atoms with Crippen LogP contribution in [0.3, 0.4) is 0 Å². The molecular weight excluding hydrogens is 409 g/mol. The van der Waals surface area contributed by atoms with E-state index in [4.69, 9.17) is 0 Å². The summed E-state index contributed by atoms with van der Waals surface area (Å²) in [5, 5.41) is 8.15. The lowest BCUT2D eigenvalue weighted by Gasteiger charge is -2.24. The third-order valence-corrected chi connectivity index (χ3v) is 6.18. The van der Waals surface area contributed by atoms with Crippen molar-refractivity contribution in [2.75, 3.05) is 18.0 Å². The Kier molecular flexibility index (Phi) is 5.20. The zero-order chi connectivity index (χ0) is 22.2. The number of carbonyl (C=O) groups is 2. The molecule has 0 N–H and O–H groups in total. The fourth-order valence-corrected chi connectivity index (χ4v) is 4.61. The Bertz CT molecular complexity index is 1180. The first-order valence-corrected chi connectivity index (χ1v) is 10.8. The van der Waals surface area contributed by atoms with E-state index in [1.807, 2.05) is 49.4 Å². The molecule has 0 spiro atoms. The average molecular weight is 433 g/mol. The maximum Gasteiger partial charge on any atom is 0.280 e. The van der Waals surface area contributed by atoms with Crippen molar-refractivity contribution in [2.45, 2.75) is 38.5 Å². The van der Waals surface area contributed by atoms with Crippen LogP contribution < -0.4 is 4.90 Å². The smallest absolute Gasteiger partial charge is 0.280 e. The molecule has 2 amide bonds. The van der Waals surface area contributed by atoms with Crippen molar-refractivity contribution in [3.05, 3.63) is 77.1 Å². The largest absolute Gasteiger partial charge is 0.331 e. The lowest BCUT2D eigenvalue weighted by atomic mass is 10.1. The van der Waals surface area contributed by atoms with E-state index >= 15 is 0 Å². The van der Waals surface area contributed by atoms with Gasteiger partial charge in [0.25, 0.3) is 11.8 Å². The number of para-hydroxylation sites is 1. The van der Waals surface area contributed by atoms with Crippen LogP contribution in [-0.4, -0.2) is 57.0 Å². The Hall–Kier alpha value is -3.55. The molecule has 2 aliphatic heterocycles. The molecule has 8 heteroatoms. The average Bonchev–Trinajstić information content (AvgIpc) is 3.51. The molecule has 1 saturated heterocycles. The molecule has 0 radical (unpaired) electrons. The highest BCUT2D eigenvalue weighted by atomic mass is 19.1. The number of hydrogen-bond donors (Lipinski definition) is 0. The van der Waals surface area contributed by atoms with Gasteiger partial charge in [-0.05, 0) is 37.1 Å². The molecule has 0 aliphatic carbocycles. The van der Waals surface area contributed by atoms with Crippen LogP contribution in [0.1, 0.15) is 38.4 Å². The third-order valence-electron chi connectivity index (χ3n) is 6.18. The number of rotatable bonds is 4. The zero-order valence-electron chi connectivity index (χ0n) is 17.8. The van der Waals surface area contributed by atoms with Crippen molar-refractivity contribution < 1.29 is 14.0 Å². The normalized spacial score (nSPS) is 19.9. The Morgan fingerprint density at radius 1 is 1.12 bits per heavy atom. The molecule has 7 nitrogen and oxygen atoms in total. The summed E-state index contributed by atoms with van der Waals surface area (Å²) in [6.45, 7) is 2.87. The van der Waals surface area contributed by atoms with Crippen molar-refractivity contribution in [1.82, 2.24) is 19.9 Å². The van der Waals surface area contributed by atoms with Gasteiger partial charge in [0.2, 0.25) is 0 Å². The Balaban J connectivity index is 1.31. The lowest BCUT2D eigenvalue weighted by Crippen LogP contribution is -2.38. The number of likely N-dealkylation sites (tertiary alicyclic amines) is 1. The standard InChI is InChI=1S/C24H24FN5O2/c1-16-5-4-7-18(11-16)23(31)30-13-19(25)12-20(30)14-28-15-21(26-27-28)24(32)29-10-9-17-6-2-3-8-22(17)29/h2-8,11,15,19-20H,9-10,12-14H2,1H3/t19-,20-/m0/s1. The van der Waals surface area contributed by atoms with Crippen molar-refractivity contribution in [3.8, 4) is 0 Å². The van der Waals surface area contributed by atoms with Crippen LogP contribution in [0.15, 0.2) is 54.7 Å². The third kappa shape index (κ3) is 3.77. The number of halogens is 1. The molecule has 2 aromatic carbocycles. The maximum absolute atomic E-state index is 14.3. The van der Waals surface area contributed by atoms with Crippen molar-refractivity contribution in [2.24, 2.45) is 0 Å². The molecule has 3 heterocycles. The van der Waals surface area contributed by atoms with Gasteiger partial charge in [0.05, 0.1) is 25.3 Å². The second kappa shape index (κ2) is 8.18. The van der Waals surface area contributed by atoms with Gasteiger partial charge in [-0.15, -0.1) is 5.10 Å². The number of carbonyl (C=O) groups excluding carboxylic acids is 2. The molecule has 1 fully saturated rings. The molecule has 1 aromatic heterocycles. The van der Waals surface area contributed by atoms with Gasteiger partial charge in [-0.25, -0.2) is 9.07 Å². The summed E-state index contributed by atoms with van der Waals surface area (Å²) >= 11 is 0. The van der Waals surface area contributed by atoms with E-state index in [2.05, 4.69) is 10.3 Å². The van der Waals surface area contributed by atoms with Gasteiger partial charge in [0, 0.05) is 24.2 Å². The highest BCUT2D eigenvalue weighted by Crippen LogP contribution is 2.29. The van der Waals surface area contributed by atoms with Crippen molar-refractivity contribution >= 4 is 17.5 Å². The minimum absolute atomic E-state index is 0.0580. The van der Waals surface area contributed by atoms with Gasteiger partial charge in [-0.2, -0.15) is 0 Å². The van der Waals surface area contributed by atoms with E-state index in [0.29, 0.717) is 12.1 Å². The van der Waals surface area contributed by atoms with Gasteiger partial charge in [-0.3, -0.25) is 9.59 Å². The molecule has 0 unspecified atom stereocenters. The van der Waals surface area contributed by atoms with E-state index in [1.165, 1.54) is 4.68 Å². The van der Waals surface area contributed by atoms with Crippen LogP contribution in [0.2, 0.25) is 0 Å². The highest BCUT2D eigenvalue weighted by molar-refractivity contribution is 6.05. The van der Waals surface area contributed by atoms with Crippen LogP contribution in [0.5, 0.6) is 0 Å². The van der Waals surface area contributed by atoms with Gasteiger partial charge < -0.3 is 9.80 Å². The number of aryl methyl sites for hydroxylation is 1. The van der Waals surface area contributed by atoms with E-state index in [-0.39, 0.29) is 43.1 Å². The summed E-state index contributed by atoms with van der Waals surface area (Å²) in [5.41, 5.74) is 3.81. The van der Waals surface area contributed by atoms with Crippen LogP contribution in [0.4, 0.5) is 10.1 Å². The van der Waals surface area contributed by atoms with Crippen LogP contribution in [0.25, 0.3) is 0 Å². The first-order chi connectivity index (χ1) is 15.5. The first-order valence-electron chi connectivity index (χ1n) is 10.8. The number of amides is 2. The summed E-state index contributed by atoms with van der Waals surface area (Å²) in [4.78, 5) is 29.3. The molecule has 164 valence electrons. The van der Waals surface area contributed by atoms with Crippen molar-refractivity contribution in [3.63, 3.8) is 0 Å². The van der Waals surface area contributed by atoms with Crippen LogP contribution >= 0.6 is 0 Å². The molecule has 3 aromatic rings. The highest BCUT2D eigenvalue weighted by Gasteiger charge is 2.36. The summed E-state index contributed by atoms with van der Waals surface area (Å²) in [6.07, 6.45) is 1.55. The maximum atomic E-state index is 14.3. The predicted octanol–water partition coefficient (Wildman–Crippen LogP) is 3.04. The Morgan fingerprint density at radius 3 is 2.81 bits per heavy atom.